The molecule has 0 saturated carbocycles. The highest BCUT2D eigenvalue weighted by molar-refractivity contribution is 5.47. The topological polar surface area (TPSA) is 78.2 Å². The third kappa shape index (κ3) is 3.38. The third-order valence-corrected chi connectivity index (χ3v) is 3.98. The second-order valence-corrected chi connectivity index (χ2v) is 5.55. The van der Waals surface area contributed by atoms with Crippen molar-refractivity contribution in [2.75, 3.05) is 42.6 Å². The highest BCUT2D eigenvalue weighted by Gasteiger charge is 2.20. The first-order chi connectivity index (χ1) is 11.7. The third-order valence-electron chi connectivity index (χ3n) is 3.98. The van der Waals surface area contributed by atoms with E-state index in [0.717, 1.165) is 37.6 Å². The first kappa shape index (κ1) is 16.0. The van der Waals surface area contributed by atoms with Crippen LogP contribution in [0.4, 0.5) is 11.8 Å². The molecule has 0 spiro atoms. The maximum atomic E-state index is 9.13. The first-order valence-electron chi connectivity index (χ1n) is 8.04. The average Bonchev–Trinajstić information content (AvgIpc) is 2.63. The lowest BCUT2D eigenvalue weighted by molar-refractivity contribution is 0.326. The summed E-state index contributed by atoms with van der Waals surface area (Å²) in [5.41, 5.74) is 1.39. The molecular weight excluding hydrogens is 304 g/mol. The number of hydrogen-bond acceptors (Lipinski definition) is 7. The SMILES string of the molecule is CCOc1ccnc(N2CCN(c3ccc(C)c(C#N)n3)CC2)n1. The maximum absolute atomic E-state index is 9.13. The van der Waals surface area contributed by atoms with Crippen molar-refractivity contribution >= 4 is 11.8 Å². The van der Waals surface area contributed by atoms with Crippen LogP contribution in [0, 0.1) is 18.3 Å². The van der Waals surface area contributed by atoms with Crippen LogP contribution < -0.4 is 14.5 Å². The van der Waals surface area contributed by atoms with Crippen molar-refractivity contribution in [3.05, 3.63) is 35.7 Å². The molecule has 0 atom stereocenters. The second kappa shape index (κ2) is 7.13. The van der Waals surface area contributed by atoms with Crippen molar-refractivity contribution in [2.45, 2.75) is 13.8 Å². The molecule has 1 aliphatic heterocycles. The Kier molecular flexibility index (Phi) is 4.75. The zero-order valence-electron chi connectivity index (χ0n) is 13.9. The molecule has 2 aromatic heterocycles. The van der Waals surface area contributed by atoms with E-state index in [0.29, 0.717) is 24.1 Å². The van der Waals surface area contributed by atoms with Gasteiger partial charge in [-0.05, 0) is 25.5 Å². The Balaban J connectivity index is 1.68. The van der Waals surface area contributed by atoms with Gasteiger partial charge in [0.2, 0.25) is 11.8 Å². The van der Waals surface area contributed by atoms with Crippen molar-refractivity contribution in [1.82, 2.24) is 15.0 Å². The fourth-order valence-electron chi connectivity index (χ4n) is 2.66. The molecule has 124 valence electrons. The van der Waals surface area contributed by atoms with Gasteiger partial charge in [-0.15, -0.1) is 0 Å². The van der Waals surface area contributed by atoms with E-state index in [2.05, 4.69) is 30.8 Å². The van der Waals surface area contributed by atoms with Gasteiger partial charge in [0.15, 0.2) is 0 Å². The number of rotatable bonds is 4. The molecule has 0 amide bonds. The number of pyridine rings is 1. The van der Waals surface area contributed by atoms with E-state index in [9.17, 15) is 0 Å². The van der Waals surface area contributed by atoms with E-state index >= 15 is 0 Å². The minimum absolute atomic E-state index is 0.489. The van der Waals surface area contributed by atoms with E-state index in [1.165, 1.54) is 0 Å². The molecule has 1 aliphatic rings. The molecule has 0 N–H and O–H groups in total. The smallest absolute Gasteiger partial charge is 0.228 e. The summed E-state index contributed by atoms with van der Waals surface area (Å²) in [6, 6.07) is 7.83. The molecule has 3 heterocycles. The molecule has 7 nitrogen and oxygen atoms in total. The maximum Gasteiger partial charge on any atom is 0.228 e. The standard InChI is InChI=1S/C17H20N6O/c1-3-24-16-6-7-19-17(21-16)23-10-8-22(9-11-23)15-5-4-13(2)14(12-18)20-15/h4-7H,3,8-11H2,1-2H3. The molecule has 24 heavy (non-hydrogen) atoms. The molecule has 0 radical (unpaired) electrons. The Morgan fingerprint density at radius 3 is 2.58 bits per heavy atom. The Morgan fingerprint density at radius 2 is 1.88 bits per heavy atom. The summed E-state index contributed by atoms with van der Waals surface area (Å²) in [6.45, 7) is 7.64. The van der Waals surface area contributed by atoms with Crippen LogP contribution in [0.25, 0.3) is 0 Å². The zero-order valence-corrected chi connectivity index (χ0v) is 13.9. The van der Waals surface area contributed by atoms with E-state index in [1.54, 1.807) is 12.3 Å². The quantitative estimate of drug-likeness (QED) is 0.848. The van der Waals surface area contributed by atoms with Gasteiger partial charge in [0.05, 0.1) is 6.61 Å². The average molecular weight is 324 g/mol. The largest absolute Gasteiger partial charge is 0.478 e. The monoisotopic (exact) mass is 324 g/mol. The van der Waals surface area contributed by atoms with Crippen LogP contribution in [0.1, 0.15) is 18.2 Å². The van der Waals surface area contributed by atoms with Gasteiger partial charge in [0, 0.05) is 38.4 Å². The summed E-state index contributed by atoms with van der Waals surface area (Å²) in [4.78, 5) is 17.5. The van der Waals surface area contributed by atoms with Gasteiger partial charge in [0.25, 0.3) is 0 Å². The number of aromatic nitrogens is 3. The fraction of sp³-hybridized carbons (Fsp3) is 0.412. The van der Waals surface area contributed by atoms with Gasteiger partial charge in [0.1, 0.15) is 17.6 Å². The minimum atomic E-state index is 0.489. The van der Waals surface area contributed by atoms with Crippen molar-refractivity contribution in [1.29, 1.82) is 5.26 Å². The van der Waals surface area contributed by atoms with Crippen molar-refractivity contribution in [2.24, 2.45) is 0 Å². The predicted octanol–water partition coefficient (Wildman–Crippen LogP) is 1.78. The van der Waals surface area contributed by atoms with Gasteiger partial charge in [-0.1, -0.05) is 6.07 Å². The Bertz CT molecular complexity index is 749. The molecule has 2 aromatic rings. The van der Waals surface area contributed by atoms with Crippen LogP contribution in [-0.4, -0.2) is 47.7 Å². The van der Waals surface area contributed by atoms with Crippen LogP contribution in [0.5, 0.6) is 5.88 Å². The van der Waals surface area contributed by atoms with Gasteiger partial charge in [-0.2, -0.15) is 10.2 Å². The Hall–Kier alpha value is -2.88. The van der Waals surface area contributed by atoms with E-state index in [1.807, 2.05) is 26.0 Å². The van der Waals surface area contributed by atoms with Crippen molar-refractivity contribution in [3.8, 4) is 11.9 Å². The number of piperazine rings is 1. The lowest BCUT2D eigenvalue weighted by atomic mass is 10.2. The van der Waals surface area contributed by atoms with Crippen LogP contribution >= 0.6 is 0 Å². The number of aryl methyl sites for hydroxylation is 1. The summed E-state index contributed by atoms with van der Waals surface area (Å²) in [5.74, 6) is 2.14. The number of nitriles is 1. The number of anilines is 2. The molecule has 1 fully saturated rings. The minimum Gasteiger partial charge on any atom is -0.478 e. The highest BCUT2D eigenvalue weighted by atomic mass is 16.5. The van der Waals surface area contributed by atoms with Crippen LogP contribution in [0.2, 0.25) is 0 Å². The second-order valence-electron chi connectivity index (χ2n) is 5.55. The van der Waals surface area contributed by atoms with E-state index < -0.39 is 0 Å². The summed E-state index contributed by atoms with van der Waals surface area (Å²) >= 11 is 0. The molecule has 0 bridgehead atoms. The van der Waals surface area contributed by atoms with Crippen LogP contribution in [-0.2, 0) is 0 Å². The van der Waals surface area contributed by atoms with Crippen LogP contribution in [0.15, 0.2) is 24.4 Å². The summed E-state index contributed by atoms with van der Waals surface area (Å²) in [6.07, 6.45) is 1.72. The van der Waals surface area contributed by atoms with Gasteiger partial charge in [-0.3, -0.25) is 0 Å². The lowest BCUT2D eigenvalue weighted by Gasteiger charge is -2.35. The first-order valence-corrected chi connectivity index (χ1v) is 8.04. The molecule has 3 rings (SSSR count). The summed E-state index contributed by atoms with van der Waals surface area (Å²) in [5, 5.41) is 9.13. The fourth-order valence-corrected chi connectivity index (χ4v) is 2.66. The van der Waals surface area contributed by atoms with Gasteiger partial charge in [-0.25, -0.2) is 9.97 Å². The predicted molar refractivity (Wildman–Crippen MR) is 91.3 cm³/mol. The molecular formula is C17H20N6O. The molecule has 0 aliphatic carbocycles. The molecule has 7 heteroatoms. The number of hydrogen-bond donors (Lipinski definition) is 0. The Morgan fingerprint density at radius 1 is 1.12 bits per heavy atom. The van der Waals surface area contributed by atoms with E-state index in [4.69, 9.17) is 10.00 Å². The molecule has 0 aromatic carbocycles. The number of nitrogens with zero attached hydrogens (tertiary/aromatic N) is 6. The zero-order chi connectivity index (χ0) is 16.9. The van der Waals surface area contributed by atoms with Gasteiger partial charge >= 0.3 is 0 Å². The summed E-state index contributed by atoms with van der Waals surface area (Å²) < 4.78 is 5.44. The van der Waals surface area contributed by atoms with Crippen molar-refractivity contribution < 1.29 is 4.74 Å². The van der Waals surface area contributed by atoms with E-state index in [-0.39, 0.29) is 0 Å². The van der Waals surface area contributed by atoms with Crippen molar-refractivity contribution in [3.63, 3.8) is 0 Å². The van der Waals surface area contributed by atoms with Gasteiger partial charge < -0.3 is 14.5 Å². The van der Waals surface area contributed by atoms with Crippen LogP contribution in [0.3, 0.4) is 0 Å². The lowest BCUT2D eigenvalue weighted by Crippen LogP contribution is -2.47. The summed E-state index contributed by atoms with van der Waals surface area (Å²) in [7, 11) is 0. The normalized spacial score (nSPS) is 14.4. The molecule has 0 unspecified atom stereocenters. The highest BCUT2D eigenvalue weighted by Crippen LogP contribution is 2.19. The number of ether oxygens (including phenoxy) is 1. The molecule has 1 saturated heterocycles. The Labute approximate surface area is 141 Å².